The fourth-order valence-electron chi connectivity index (χ4n) is 0.808. The van der Waals surface area contributed by atoms with Crippen molar-refractivity contribution in [3.8, 4) is 0 Å². The van der Waals surface area contributed by atoms with E-state index in [1.165, 1.54) is 14.2 Å². The molecule has 0 amide bonds. The second-order valence-electron chi connectivity index (χ2n) is 2.79. The molecule has 0 bridgehead atoms. The quantitative estimate of drug-likeness (QED) is 0.466. The Kier molecular flexibility index (Phi) is 5.58. The van der Waals surface area contributed by atoms with E-state index in [9.17, 15) is 4.79 Å². The monoisotopic (exact) mass is 172 g/mol. The molecule has 0 saturated heterocycles. The number of ketones is 1. The van der Waals surface area contributed by atoms with Crippen LogP contribution < -0.4 is 0 Å². The highest BCUT2D eigenvalue weighted by Crippen LogP contribution is 2.01. The zero-order valence-electron chi connectivity index (χ0n) is 8.09. The normalized spacial score (nSPS) is 10.1. The maximum absolute atomic E-state index is 11.1. The Bertz CT molecular complexity index is 165. The number of carbonyl (C=O) groups excluding carboxylic acids is 1. The first-order valence-corrected chi connectivity index (χ1v) is 3.83. The molecule has 0 aromatic carbocycles. The fourth-order valence-corrected chi connectivity index (χ4v) is 0.808. The molecule has 3 nitrogen and oxygen atoms in total. The molecule has 0 radical (unpaired) electrons. The molecule has 0 N–H and O–H groups in total. The summed E-state index contributed by atoms with van der Waals surface area (Å²) in [6.45, 7) is 3.76. The number of methoxy groups -OCH3 is 2. The molecule has 3 heteroatoms. The van der Waals surface area contributed by atoms with Gasteiger partial charge in [0.05, 0.1) is 6.42 Å². The van der Waals surface area contributed by atoms with Crippen molar-refractivity contribution in [2.45, 2.75) is 26.6 Å². The van der Waals surface area contributed by atoms with Crippen molar-refractivity contribution in [2.75, 3.05) is 14.2 Å². The van der Waals surface area contributed by atoms with E-state index in [1.54, 1.807) is 6.08 Å². The van der Waals surface area contributed by atoms with E-state index in [4.69, 9.17) is 9.47 Å². The fraction of sp³-hybridized carbons (Fsp3) is 0.667. The Morgan fingerprint density at radius 1 is 1.33 bits per heavy atom. The lowest BCUT2D eigenvalue weighted by Crippen LogP contribution is -2.16. The molecular weight excluding hydrogens is 156 g/mol. The molecule has 0 unspecified atom stereocenters. The van der Waals surface area contributed by atoms with Crippen LogP contribution in [0.5, 0.6) is 0 Å². The predicted octanol–water partition coefficient (Wildman–Crippen LogP) is 1.53. The molecular formula is C9H16O3. The minimum atomic E-state index is -0.423. The van der Waals surface area contributed by atoms with E-state index in [0.29, 0.717) is 0 Å². The lowest BCUT2D eigenvalue weighted by molar-refractivity contribution is -0.133. The second kappa shape index (κ2) is 5.91. The number of rotatable bonds is 5. The molecule has 0 atom stereocenters. The van der Waals surface area contributed by atoms with Crippen molar-refractivity contribution in [1.29, 1.82) is 0 Å². The van der Waals surface area contributed by atoms with E-state index in [1.807, 2.05) is 13.8 Å². The molecule has 70 valence electrons. The largest absolute Gasteiger partial charge is 0.355 e. The highest BCUT2D eigenvalue weighted by molar-refractivity contribution is 5.90. The lowest BCUT2D eigenvalue weighted by atomic mass is 10.2. The van der Waals surface area contributed by atoms with Crippen LogP contribution in [0.4, 0.5) is 0 Å². The number of allylic oxidation sites excluding steroid dienone is 2. The van der Waals surface area contributed by atoms with Gasteiger partial charge >= 0.3 is 0 Å². The van der Waals surface area contributed by atoms with Gasteiger partial charge in [-0.25, -0.2) is 0 Å². The first-order chi connectivity index (χ1) is 5.60. The van der Waals surface area contributed by atoms with Crippen LogP contribution in [0.1, 0.15) is 20.3 Å². The minimum Gasteiger partial charge on any atom is -0.355 e. The zero-order valence-corrected chi connectivity index (χ0v) is 8.09. The van der Waals surface area contributed by atoms with Crippen molar-refractivity contribution in [3.05, 3.63) is 11.6 Å². The van der Waals surface area contributed by atoms with Gasteiger partial charge in [-0.2, -0.15) is 0 Å². The maximum Gasteiger partial charge on any atom is 0.164 e. The number of hydrogen-bond acceptors (Lipinski definition) is 3. The molecule has 0 aromatic heterocycles. The molecule has 12 heavy (non-hydrogen) atoms. The van der Waals surface area contributed by atoms with E-state index >= 15 is 0 Å². The number of ether oxygens (including phenoxy) is 2. The summed E-state index contributed by atoms with van der Waals surface area (Å²) in [4.78, 5) is 11.1. The van der Waals surface area contributed by atoms with Crippen LogP contribution in [0.15, 0.2) is 11.6 Å². The van der Waals surface area contributed by atoms with Crippen LogP contribution in [0, 0.1) is 0 Å². The van der Waals surface area contributed by atoms with Crippen molar-refractivity contribution in [1.82, 2.24) is 0 Å². The first-order valence-electron chi connectivity index (χ1n) is 3.83. The van der Waals surface area contributed by atoms with Gasteiger partial charge in [0, 0.05) is 14.2 Å². The maximum atomic E-state index is 11.1. The molecule has 0 aromatic rings. The van der Waals surface area contributed by atoms with Crippen molar-refractivity contribution >= 4 is 5.78 Å². The van der Waals surface area contributed by atoms with Gasteiger partial charge < -0.3 is 9.47 Å². The summed E-state index contributed by atoms with van der Waals surface area (Å²) < 4.78 is 9.76. The van der Waals surface area contributed by atoms with Gasteiger partial charge in [0.1, 0.15) is 0 Å². The van der Waals surface area contributed by atoms with Crippen molar-refractivity contribution < 1.29 is 14.3 Å². The van der Waals surface area contributed by atoms with Gasteiger partial charge in [-0.05, 0) is 19.9 Å². The Morgan fingerprint density at radius 2 is 1.83 bits per heavy atom. The van der Waals surface area contributed by atoms with Crippen LogP contribution >= 0.6 is 0 Å². The Morgan fingerprint density at radius 3 is 2.17 bits per heavy atom. The Balaban J connectivity index is 3.90. The molecule has 0 spiro atoms. The number of hydrogen-bond donors (Lipinski definition) is 0. The summed E-state index contributed by atoms with van der Waals surface area (Å²) in [5.41, 5.74) is 0.992. The van der Waals surface area contributed by atoms with E-state index in [-0.39, 0.29) is 12.2 Å². The third-order valence-corrected chi connectivity index (χ3v) is 1.34. The molecule has 0 saturated carbocycles. The van der Waals surface area contributed by atoms with Gasteiger partial charge in [0.15, 0.2) is 12.1 Å². The summed E-state index contributed by atoms with van der Waals surface area (Å²) in [7, 11) is 3.04. The van der Waals surface area contributed by atoms with Crippen molar-refractivity contribution in [3.63, 3.8) is 0 Å². The SMILES string of the molecule is COC(CC(=O)C=C(C)C)OC. The van der Waals surface area contributed by atoms with Gasteiger partial charge in [-0.15, -0.1) is 0 Å². The predicted molar refractivity (Wildman–Crippen MR) is 46.9 cm³/mol. The molecule has 0 rings (SSSR count). The molecule has 0 aliphatic rings. The molecule has 0 aliphatic heterocycles. The molecule has 0 heterocycles. The number of carbonyl (C=O) groups is 1. The third-order valence-electron chi connectivity index (χ3n) is 1.34. The Labute approximate surface area is 73.4 Å². The van der Waals surface area contributed by atoms with Gasteiger partial charge in [0.25, 0.3) is 0 Å². The average molecular weight is 172 g/mol. The van der Waals surface area contributed by atoms with E-state index < -0.39 is 6.29 Å². The Hall–Kier alpha value is -0.670. The lowest BCUT2D eigenvalue weighted by Gasteiger charge is -2.10. The molecule has 0 aliphatic carbocycles. The van der Waals surface area contributed by atoms with Crippen LogP contribution in [-0.4, -0.2) is 26.3 Å². The topological polar surface area (TPSA) is 35.5 Å². The zero-order chi connectivity index (χ0) is 9.56. The van der Waals surface area contributed by atoms with Crippen LogP contribution in [0.25, 0.3) is 0 Å². The van der Waals surface area contributed by atoms with Crippen molar-refractivity contribution in [2.24, 2.45) is 0 Å². The average Bonchev–Trinajstić information content (AvgIpc) is 1.98. The van der Waals surface area contributed by atoms with Crippen LogP contribution in [0.2, 0.25) is 0 Å². The van der Waals surface area contributed by atoms with Crippen LogP contribution in [0.3, 0.4) is 0 Å². The first kappa shape index (κ1) is 11.3. The molecule has 0 fully saturated rings. The standard InChI is InChI=1S/C9H16O3/c1-7(2)5-8(10)6-9(11-3)12-4/h5,9H,6H2,1-4H3. The summed E-state index contributed by atoms with van der Waals surface area (Å²) in [5, 5.41) is 0. The highest BCUT2D eigenvalue weighted by Gasteiger charge is 2.09. The summed E-state index contributed by atoms with van der Waals surface area (Å²) in [6.07, 6.45) is 1.44. The second-order valence-corrected chi connectivity index (χ2v) is 2.79. The smallest absolute Gasteiger partial charge is 0.164 e. The third kappa shape index (κ3) is 5.04. The minimum absolute atomic E-state index is 0.0312. The van der Waals surface area contributed by atoms with Gasteiger partial charge in [-0.3, -0.25) is 4.79 Å². The summed E-state index contributed by atoms with van der Waals surface area (Å²) in [5.74, 6) is 0.0312. The summed E-state index contributed by atoms with van der Waals surface area (Å²) >= 11 is 0. The van der Waals surface area contributed by atoms with E-state index in [0.717, 1.165) is 5.57 Å². The van der Waals surface area contributed by atoms with E-state index in [2.05, 4.69) is 0 Å². The highest BCUT2D eigenvalue weighted by atomic mass is 16.7. The van der Waals surface area contributed by atoms with Gasteiger partial charge in [-0.1, -0.05) is 5.57 Å². The van der Waals surface area contributed by atoms with Gasteiger partial charge in [0.2, 0.25) is 0 Å². The summed E-state index contributed by atoms with van der Waals surface area (Å²) in [6, 6.07) is 0. The van der Waals surface area contributed by atoms with Crippen LogP contribution in [-0.2, 0) is 14.3 Å².